The molecule has 1 aromatic carbocycles. The van der Waals surface area contributed by atoms with Gasteiger partial charge in [0.15, 0.2) is 0 Å². The lowest BCUT2D eigenvalue weighted by Crippen LogP contribution is -2.11. The van der Waals surface area contributed by atoms with E-state index >= 15 is 0 Å². The van der Waals surface area contributed by atoms with Crippen LogP contribution in [-0.2, 0) is 12.0 Å². The first-order valence-electron chi connectivity index (χ1n) is 8.95. The van der Waals surface area contributed by atoms with Gasteiger partial charge in [-0.3, -0.25) is 0 Å². The number of aromatic nitrogens is 3. The second kappa shape index (κ2) is 5.76. The summed E-state index contributed by atoms with van der Waals surface area (Å²) in [5.41, 5.74) is 5.11. The Morgan fingerprint density at radius 3 is 2.80 bits per heavy atom. The first kappa shape index (κ1) is 15.9. The summed E-state index contributed by atoms with van der Waals surface area (Å²) in [6, 6.07) is 13.2. The maximum absolute atomic E-state index is 4.54. The minimum Gasteiger partial charge on any atom is -0.347 e. The van der Waals surface area contributed by atoms with Crippen LogP contribution in [0, 0.1) is 0 Å². The van der Waals surface area contributed by atoms with Gasteiger partial charge in [-0.1, -0.05) is 39.8 Å². The van der Waals surface area contributed by atoms with Gasteiger partial charge in [0, 0.05) is 47.3 Å². The maximum Gasteiger partial charge on any atom is 0.137 e. The zero-order valence-corrected chi connectivity index (χ0v) is 15.4. The fourth-order valence-electron chi connectivity index (χ4n) is 3.66. The molecule has 1 unspecified atom stereocenters. The third-order valence-corrected chi connectivity index (χ3v) is 5.08. The van der Waals surface area contributed by atoms with Crippen LogP contribution in [0.25, 0.3) is 21.9 Å². The molecule has 25 heavy (non-hydrogen) atoms. The molecule has 0 bridgehead atoms. The van der Waals surface area contributed by atoms with Crippen LogP contribution in [-0.4, -0.2) is 14.5 Å². The molecule has 4 rings (SSSR count). The largest absolute Gasteiger partial charge is 0.347 e. The van der Waals surface area contributed by atoms with Crippen LogP contribution in [0.4, 0.5) is 0 Å². The minimum absolute atomic E-state index is 0.153. The number of nitrogens with one attached hydrogen (secondary N) is 1. The zero-order valence-electron chi connectivity index (χ0n) is 15.4. The van der Waals surface area contributed by atoms with Crippen LogP contribution in [0.5, 0.6) is 0 Å². The lowest BCUT2D eigenvalue weighted by atomic mass is 9.85. The van der Waals surface area contributed by atoms with E-state index in [0.717, 1.165) is 12.2 Å². The smallest absolute Gasteiger partial charge is 0.137 e. The van der Waals surface area contributed by atoms with Gasteiger partial charge in [-0.05, 0) is 40.8 Å². The summed E-state index contributed by atoms with van der Waals surface area (Å²) >= 11 is 0. The molecular weight excluding hydrogens is 306 g/mol. The predicted octanol–water partition coefficient (Wildman–Crippen LogP) is 5.62. The highest BCUT2D eigenvalue weighted by molar-refractivity contribution is 5.84. The van der Waals surface area contributed by atoms with Gasteiger partial charge in [-0.2, -0.15) is 0 Å². The van der Waals surface area contributed by atoms with E-state index in [1.807, 2.05) is 12.4 Å². The molecule has 3 heterocycles. The molecule has 0 spiro atoms. The molecule has 128 valence electrons. The molecule has 3 aromatic heterocycles. The normalized spacial score (nSPS) is 13.6. The third kappa shape index (κ3) is 2.84. The Labute approximate surface area is 148 Å². The Kier molecular flexibility index (Phi) is 3.68. The summed E-state index contributed by atoms with van der Waals surface area (Å²) in [6.45, 7) is 10.1. The highest BCUT2D eigenvalue weighted by atomic mass is 15.0. The summed E-state index contributed by atoms with van der Waals surface area (Å²) in [5.74, 6) is 0.403. The van der Waals surface area contributed by atoms with Gasteiger partial charge in [0.1, 0.15) is 5.65 Å². The van der Waals surface area contributed by atoms with E-state index in [0.29, 0.717) is 5.92 Å². The van der Waals surface area contributed by atoms with E-state index in [9.17, 15) is 0 Å². The number of hydrogen-bond donors (Lipinski definition) is 1. The Morgan fingerprint density at radius 2 is 2.00 bits per heavy atom. The van der Waals surface area contributed by atoms with Crippen LogP contribution in [0.1, 0.15) is 44.7 Å². The molecule has 0 aliphatic rings. The van der Waals surface area contributed by atoms with Crippen molar-refractivity contribution in [3.63, 3.8) is 0 Å². The van der Waals surface area contributed by atoms with E-state index < -0.39 is 0 Å². The number of aromatic amines is 1. The number of pyridine rings is 1. The molecule has 3 nitrogen and oxygen atoms in total. The number of nitrogens with zero attached hydrogens (tertiary/aromatic N) is 2. The molecule has 0 radical (unpaired) electrons. The van der Waals surface area contributed by atoms with Crippen molar-refractivity contribution in [1.29, 1.82) is 0 Å². The second-order valence-electron chi connectivity index (χ2n) is 8.04. The number of benzene rings is 1. The van der Waals surface area contributed by atoms with Gasteiger partial charge in [0.05, 0.1) is 0 Å². The van der Waals surface area contributed by atoms with Crippen molar-refractivity contribution < 1.29 is 0 Å². The van der Waals surface area contributed by atoms with Gasteiger partial charge in [-0.15, -0.1) is 0 Å². The zero-order chi connectivity index (χ0) is 17.6. The molecular formula is C22H25N3. The minimum atomic E-state index is 0.153. The van der Waals surface area contributed by atoms with Crippen LogP contribution in [0.2, 0.25) is 0 Å². The highest BCUT2D eigenvalue weighted by Gasteiger charge is 2.18. The van der Waals surface area contributed by atoms with Crippen molar-refractivity contribution in [3.8, 4) is 0 Å². The molecule has 0 amide bonds. The van der Waals surface area contributed by atoms with Gasteiger partial charge in [-0.25, -0.2) is 4.98 Å². The molecule has 1 N–H and O–H groups in total. The van der Waals surface area contributed by atoms with Gasteiger partial charge < -0.3 is 9.55 Å². The predicted molar refractivity (Wildman–Crippen MR) is 105 cm³/mol. The van der Waals surface area contributed by atoms with Crippen LogP contribution in [0.15, 0.2) is 55.0 Å². The van der Waals surface area contributed by atoms with Crippen molar-refractivity contribution in [1.82, 2.24) is 14.5 Å². The third-order valence-electron chi connectivity index (χ3n) is 5.08. The molecule has 0 fully saturated rings. The molecule has 0 aliphatic carbocycles. The standard InChI is InChI=1S/C22H25N3/c1-15(17-12-16-8-10-23-21(16)24-13-17)14-25-11-9-18-19(22(2,3)4)6-5-7-20(18)25/h5-13,15H,14H2,1-4H3,(H,23,24). The van der Waals surface area contributed by atoms with Crippen molar-refractivity contribution >= 4 is 21.9 Å². The number of fused-ring (bicyclic) bond motifs is 2. The average molecular weight is 331 g/mol. The molecule has 4 aromatic rings. The fourth-order valence-corrected chi connectivity index (χ4v) is 3.66. The van der Waals surface area contributed by atoms with Gasteiger partial charge in [0.2, 0.25) is 0 Å². The summed E-state index contributed by atoms with van der Waals surface area (Å²) < 4.78 is 2.37. The number of rotatable bonds is 3. The first-order chi connectivity index (χ1) is 11.9. The highest BCUT2D eigenvalue weighted by Crippen LogP contribution is 2.31. The quantitative estimate of drug-likeness (QED) is 0.519. The SMILES string of the molecule is CC(Cn1ccc2c(C(C)(C)C)cccc21)c1cnc2[nH]ccc2c1. The molecule has 3 heteroatoms. The monoisotopic (exact) mass is 331 g/mol. The lowest BCUT2D eigenvalue weighted by Gasteiger charge is -2.20. The average Bonchev–Trinajstić information content (AvgIpc) is 3.20. The molecule has 0 saturated carbocycles. The van der Waals surface area contributed by atoms with Crippen LogP contribution < -0.4 is 0 Å². The van der Waals surface area contributed by atoms with Crippen LogP contribution >= 0.6 is 0 Å². The Bertz CT molecular complexity index is 1030. The first-order valence-corrected chi connectivity index (χ1v) is 8.95. The number of hydrogen-bond acceptors (Lipinski definition) is 1. The van der Waals surface area contributed by atoms with Gasteiger partial charge >= 0.3 is 0 Å². The van der Waals surface area contributed by atoms with Crippen molar-refractivity contribution in [3.05, 3.63) is 66.1 Å². The van der Waals surface area contributed by atoms with E-state index in [-0.39, 0.29) is 5.41 Å². The summed E-state index contributed by atoms with van der Waals surface area (Å²) in [5, 5.41) is 2.54. The van der Waals surface area contributed by atoms with Crippen molar-refractivity contribution in [2.45, 2.75) is 45.6 Å². The Morgan fingerprint density at radius 1 is 1.16 bits per heavy atom. The summed E-state index contributed by atoms with van der Waals surface area (Å²) in [6.07, 6.45) is 6.16. The molecule has 0 aliphatic heterocycles. The topological polar surface area (TPSA) is 33.6 Å². The van der Waals surface area contributed by atoms with E-state index in [1.165, 1.54) is 27.4 Å². The van der Waals surface area contributed by atoms with Gasteiger partial charge in [0.25, 0.3) is 0 Å². The molecule has 0 saturated heterocycles. The second-order valence-corrected chi connectivity index (χ2v) is 8.04. The van der Waals surface area contributed by atoms with E-state index in [2.05, 4.69) is 84.8 Å². The van der Waals surface area contributed by atoms with Crippen molar-refractivity contribution in [2.75, 3.05) is 0 Å². The van der Waals surface area contributed by atoms with Crippen molar-refractivity contribution in [2.24, 2.45) is 0 Å². The molecule has 1 atom stereocenters. The van der Waals surface area contributed by atoms with E-state index in [1.54, 1.807) is 0 Å². The fraction of sp³-hybridized carbons (Fsp3) is 0.318. The maximum atomic E-state index is 4.54. The number of H-pyrrole nitrogens is 1. The lowest BCUT2D eigenvalue weighted by molar-refractivity contribution is 0.595. The van der Waals surface area contributed by atoms with Crippen LogP contribution in [0.3, 0.4) is 0 Å². The van der Waals surface area contributed by atoms with E-state index in [4.69, 9.17) is 0 Å². The Balaban J connectivity index is 1.68. The summed E-state index contributed by atoms with van der Waals surface area (Å²) in [7, 11) is 0. The Hall–Kier alpha value is -2.55. The summed E-state index contributed by atoms with van der Waals surface area (Å²) in [4.78, 5) is 7.69.